The van der Waals surface area contributed by atoms with Crippen LogP contribution in [0, 0.1) is 5.82 Å². The quantitative estimate of drug-likeness (QED) is 0.591. The van der Waals surface area contributed by atoms with E-state index in [4.69, 9.17) is 15.6 Å². The maximum Gasteiger partial charge on any atom is 0.351 e. The molecule has 1 fully saturated rings. The first-order valence-corrected chi connectivity index (χ1v) is 5.01. The molecule has 8 heteroatoms. The van der Waals surface area contributed by atoms with Crippen LogP contribution in [0.1, 0.15) is 12.6 Å². The van der Waals surface area contributed by atoms with Crippen molar-refractivity contribution in [1.82, 2.24) is 9.55 Å². The summed E-state index contributed by atoms with van der Waals surface area (Å²) < 4.78 is 19.3. The van der Waals surface area contributed by atoms with Crippen LogP contribution >= 0.6 is 0 Å². The Morgan fingerprint density at radius 1 is 1.71 bits per heavy atom. The molecule has 94 valence electrons. The van der Waals surface area contributed by atoms with Crippen LogP contribution in [0.5, 0.6) is 0 Å². The maximum atomic E-state index is 13.2. The van der Waals surface area contributed by atoms with Crippen molar-refractivity contribution in [2.45, 2.75) is 24.9 Å². The SMILES string of the molecule is Nc1nc(=O)n([C@@H]2C[C@@H](O)[C@H](CO)O2)cc1F. The van der Waals surface area contributed by atoms with Crippen LogP contribution in [0.25, 0.3) is 0 Å². The molecule has 1 saturated heterocycles. The molecule has 0 radical (unpaired) electrons. The van der Waals surface area contributed by atoms with Gasteiger partial charge in [-0.3, -0.25) is 4.57 Å². The lowest BCUT2D eigenvalue weighted by Crippen LogP contribution is -2.29. The number of anilines is 1. The van der Waals surface area contributed by atoms with E-state index in [0.717, 1.165) is 10.8 Å². The van der Waals surface area contributed by atoms with Crippen LogP contribution in [-0.2, 0) is 4.74 Å². The number of nitrogens with two attached hydrogens (primary N) is 1. The zero-order valence-electron chi connectivity index (χ0n) is 8.78. The predicted molar refractivity (Wildman–Crippen MR) is 54.5 cm³/mol. The third-order valence-corrected chi connectivity index (χ3v) is 2.63. The fourth-order valence-corrected chi connectivity index (χ4v) is 1.71. The third-order valence-electron chi connectivity index (χ3n) is 2.63. The Kier molecular flexibility index (Phi) is 3.09. The highest BCUT2D eigenvalue weighted by Crippen LogP contribution is 2.27. The van der Waals surface area contributed by atoms with Gasteiger partial charge in [-0.05, 0) is 0 Å². The van der Waals surface area contributed by atoms with Crippen molar-refractivity contribution in [2.24, 2.45) is 0 Å². The molecule has 17 heavy (non-hydrogen) atoms. The van der Waals surface area contributed by atoms with Gasteiger partial charge in [0, 0.05) is 6.42 Å². The van der Waals surface area contributed by atoms with Crippen molar-refractivity contribution < 1.29 is 19.3 Å². The molecule has 0 amide bonds. The molecule has 0 bridgehead atoms. The minimum atomic E-state index is -0.905. The molecule has 0 spiro atoms. The summed E-state index contributed by atoms with van der Waals surface area (Å²) >= 11 is 0. The molecule has 7 nitrogen and oxygen atoms in total. The van der Waals surface area contributed by atoms with Crippen LogP contribution in [0.4, 0.5) is 10.2 Å². The Balaban J connectivity index is 2.30. The predicted octanol–water partition coefficient (Wildman–Crippen LogP) is -1.39. The van der Waals surface area contributed by atoms with Gasteiger partial charge in [-0.25, -0.2) is 9.18 Å². The van der Waals surface area contributed by atoms with E-state index in [1.165, 1.54) is 0 Å². The molecule has 1 aliphatic rings. The first-order valence-electron chi connectivity index (χ1n) is 5.01. The van der Waals surface area contributed by atoms with Crippen molar-refractivity contribution in [3.05, 3.63) is 22.5 Å². The van der Waals surface area contributed by atoms with Crippen LogP contribution in [0.3, 0.4) is 0 Å². The Hall–Kier alpha value is -1.51. The van der Waals surface area contributed by atoms with Crippen LogP contribution in [0.2, 0.25) is 0 Å². The minimum absolute atomic E-state index is 0.0795. The monoisotopic (exact) mass is 245 g/mol. The van der Waals surface area contributed by atoms with E-state index in [1.807, 2.05) is 0 Å². The van der Waals surface area contributed by atoms with Gasteiger partial charge in [0.05, 0.1) is 18.9 Å². The lowest BCUT2D eigenvalue weighted by Gasteiger charge is -2.14. The molecule has 4 N–H and O–H groups in total. The van der Waals surface area contributed by atoms with Gasteiger partial charge < -0.3 is 20.7 Å². The average Bonchev–Trinajstić information content (AvgIpc) is 2.65. The molecule has 2 heterocycles. The number of halogens is 1. The number of nitrogens with zero attached hydrogens (tertiary/aromatic N) is 2. The van der Waals surface area contributed by atoms with E-state index in [-0.39, 0.29) is 13.0 Å². The van der Waals surface area contributed by atoms with Gasteiger partial charge in [-0.15, -0.1) is 0 Å². The van der Waals surface area contributed by atoms with Gasteiger partial charge in [-0.2, -0.15) is 4.98 Å². The van der Waals surface area contributed by atoms with Crippen molar-refractivity contribution >= 4 is 5.82 Å². The van der Waals surface area contributed by atoms with Gasteiger partial charge in [0.15, 0.2) is 11.6 Å². The topological polar surface area (TPSA) is 111 Å². The fourth-order valence-electron chi connectivity index (χ4n) is 1.71. The van der Waals surface area contributed by atoms with Gasteiger partial charge >= 0.3 is 5.69 Å². The summed E-state index contributed by atoms with van der Waals surface area (Å²) in [6.45, 7) is -0.378. The van der Waals surface area contributed by atoms with Crippen molar-refractivity contribution in [3.63, 3.8) is 0 Å². The van der Waals surface area contributed by atoms with Crippen molar-refractivity contribution in [2.75, 3.05) is 12.3 Å². The first kappa shape index (κ1) is 12.0. The van der Waals surface area contributed by atoms with Gasteiger partial charge in [-0.1, -0.05) is 0 Å². The highest BCUT2D eigenvalue weighted by molar-refractivity contribution is 5.26. The number of nitrogen functional groups attached to an aromatic ring is 1. The van der Waals surface area contributed by atoms with E-state index < -0.39 is 35.8 Å². The molecule has 1 aliphatic heterocycles. The number of ether oxygens (including phenoxy) is 1. The molecule has 0 unspecified atom stereocenters. The summed E-state index contributed by atoms with van der Waals surface area (Å²) in [5, 5.41) is 18.4. The summed E-state index contributed by atoms with van der Waals surface area (Å²) in [5.41, 5.74) is 4.38. The number of rotatable bonds is 2. The van der Waals surface area contributed by atoms with Crippen molar-refractivity contribution in [3.8, 4) is 0 Å². The number of aliphatic hydroxyl groups is 2. The smallest absolute Gasteiger partial charge is 0.351 e. The molecule has 0 saturated carbocycles. The lowest BCUT2D eigenvalue weighted by atomic mass is 10.2. The minimum Gasteiger partial charge on any atom is -0.394 e. The van der Waals surface area contributed by atoms with E-state index in [0.29, 0.717) is 0 Å². The Morgan fingerprint density at radius 3 is 3.00 bits per heavy atom. The number of aromatic nitrogens is 2. The lowest BCUT2D eigenvalue weighted by molar-refractivity contribution is -0.0461. The first-order chi connectivity index (χ1) is 8.02. The second-order valence-corrected chi connectivity index (χ2v) is 3.78. The summed E-state index contributed by atoms with van der Waals surface area (Å²) in [4.78, 5) is 14.7. The zero-order chi connectivity index (χ0) is 12.6. The molecule has 1 aromatic heterocycles. The normalized spacial score (nSPS) is 28.5. The van der Waals surface area contributed by atoms with Crippen LogP contribution < -0.4 is 11.4 Å². The highest BCUT2D eigenvalue weighted by atomic mass is 19.1. The Morgan fingerprint density at radius 2 is 2.41 bits per heavy atom. The van der Waals surface area contributed by atoms with Crippen LogP contribution in [0.15, 0.2) is 11.0 Å². The Bertz CT molecular complexity index is 478. The molecule has 2 rings (SSSR count). The highest BCUT2D eigenvalue weighted by Gasteiger charge is 2.35. The average molecular weight is 245 g/mol. The van der Waals surface area contributed by atoms with Gasteiger partial charge in [0.25, 0.3) is 0 Å². The van der Waals surface area contributed by atoms with Gasteiger partial charge in [0.1, 0.15) is 12.3 Å². The number of aliphatic hydroxyl groups excluding tert-OH is 2. The molecular formula is C9H12FN3O4. The number of hydrogen-bond acceptors (Lipinski definition) is 6. The number of hydrogen-bond donors (Lipinski definition) is 3. The van der Waals surface area contributed by atoms with Crippen molar-refractivity contribution in [1.29, 1.82) is 0 Å². The van der Waals surface area contributed by atoms with E-state index in [1.54, 1.807) is 0 Å². The third kappa shape index (κ3) is 2.14. The standard InChI is InChI=1S/C9H12FN3O4/c10-4-2-13(9(16)12-8(4)11)7-1-5(15)6(3-14)17-7/h2,5-7,14-15H,1,3H2,(H2,11,12,16)/t5-,6+,7+/m1/s1. The molecule has 0 aromatic carbocycles. The molecule has 3 atom stereocenters. The molecular weight excluding hydrogens is 233 g/mol. The maximum absolute atomic E-state index is 13.2. The van der Waals surface area contributed by atoms with E-state index >= 15 is 0 Å². The van der Waals surface area contributed by atoms with E-state index in [2.05, 4.69) is 4.98 Å². The Labute approximate surface area is 95.3 Å². The summed E-state index contributed by atoms with van der Waals surface area (Å²) in [6, 6.07) is 0. The second kappa shape index (κ2) is 4.40. The largest absolute Gasteiger partial charge is 0.394 e. The zero-order valence-corrected chi connectivity index (χ0v) is 8.78. The fraction of sp³-hybridized carbons (Fsp3) is 0.556. The second-order valence-electron chi connectivity index (χ2n) is 3.78. The molecule has 1 aromatic rings. The van der Waals surface area contributed by atoms with Crippen LogP contribution in [-0.4, -0.2) is 38.6 Å². The summed E-state index contributed by atoms with van der Waals surface area (Å²) in [5.74, 6) is -1.32. The van der Waals surface area contributed by atoms with E-state index in [9.17, 15) is 14.3 Å². The summed E-state index contributed by atoms with van der Waals surface area (Å²) in [7, 11) is 0. The molecule has 0 aliphatic carbocycles. The summed E-state index contributed by atoms with van der Waals surface area (Å²) in [6.07, 6.45) is -1.58. The van der Waals surface area contributed by atoms with Gasteiger partial charge in [0.2, 0.25) is 0 Å².